The summed E-state index contributed by atoms with van der Waals surface area (Å²) < 4.78 is 7.12. The van der Waals surface area contributed by atoms with E-state index in [1.54, 1.807) is 11.6 Å². The minimum Gasteiger partial charge on any atom is -0.484 e. The second-order valence-electron chi connectivity index (χ2n) is 5.17. The summed E-state index contributed by atoms with van der Waals surface area (Å²) in [7, 11) is 0. The van der Waals surface area contributed by atoms with Crippen LogP contribution in [0.2, 0.25) is 10.2 Å². The Morgan fingerprint density at radius 1 is 1.30 bits per heavy atom. The van der Waals surface area contributed by atoms with E-state index < -0.39 is 0 Å². The average Bonchev–Trinajstić information content (AvgIpc) is 2.78. The highest BCUT2D eigenvalue weighted by molar-refractivity contribution is 6.41. The average molecular weight is 356 g/mol. The first kappa shape index (κ1) is 17.6. The van der Waals surface area contributed by atoms with Gasteiger partial charge in [-0.1, -0.05) is 41.4 Å². The highest BCUT2D eigenvalue weighted by atomic mass is 35.5. The van der Waals surface area contributed by atoms with Gasteiger partial charge in [0.05, 0.1) is 5.69 Å². The van der Waals surface area contributed by atoms with Crippen LogP contribution in [0.4, 0.5) is 0 Å². The van der Waals surface area contributed by atoms with E-state index in [1.165, 1.54) is 0 Å². The number of halogens is 2. The van der Waals surface area contributed by atoms with Gasteiger partial charge in [0.25, 0.3) is 5.91 Å². The lowest BCUT2D eigenvalue weighted by Crippen LogP contribution is -2.30. The number of carbonyl (C=O) groups excluding carboxylic acids is 1. The Kier molecular flexibility index (Phi) is 6.30. The van der Waals surface area contributed by atoms with Crippen LogP contribution in [0, 0.1) is 13.8 Å². The van der Waals surface area contributed by atoms with E-state index >= 15 is 0 Å². The van der Waals surface area contributed by atoms with Crippen LogP contribution in [0.5, 0.6) is 5.75 Å². The minimum atomic E-state index is -0.158. The largest absolute Gasteiger partial charge is 0.484 e. The van der Waals surface area contributed by atoms with Gasteiger partial charge in [0, 0.05) is 13.1 Å². The first-order valence-electron chi connectivity index (χ1n) is 7.32. The number of ether oxygens (including phenoxy) is 1. The van der Waals surface area contributed by atoms with Gasteiger partial charge in [0.1, 0.15) is 15.9 Å². The first-order valence-corrected chi connectivity index (χ1v) is 8.08. The van der Waals surface area contributed by atoms with Crippen molar-refractivity contribution < 1.29 is 9.53 Å². The summed E-state index contributed by atoms with van der Waals surface area (Å²) in [5.74, 6) is 0.560. The van der Waals surface area contributed by atoms with E-state index in [1.807, 2.05) is 31.2 Å². The molecule has 2 aromatic rings. The Morgan fingerprint density at radius 2 is 2.04 bits per heavy atom. The van der Waals surface area contributed by atoms with E-state index in [0.717, 1.165) is 11.3 Å². The molecule has 0 saturated heterocycles. The van der Waals surface area contributed by atoms with E-state index in [4.69, 9.17) is 27.9 Å². The van der Waals surface area contributed by atoms with Crippen LogP contribution in [0.3, 0.4) is 0 Å². The maximum absolute atomic E-state index is 11.8. The number of hydrogen-bond donors (Lipinski definition) is 1. The van der Waals surface area contributed by atoms with Crippen molar-refractivity contribution in [3.63, 3.8) is 0 Å². The predicted octanol–water partition coefficient (Wildman–Crippen LogP) is 3.39. The molecule has 0 aliphatic rings. The monoisotopic (exact) mass is 355 g/mol. The highest BCUT2D eigenvalue weighted by Crippen LogP contribution is 2.24. The van der Waals surface area contributed by atoms with Gasteiger partial charge in [-0.25, -0.2) is 0 Å². The number of hydrogen-bond acceptors (Lipinski definition) is 3. The van der Waals surface area contributed by atoms with Gasteiger partial charge >= 0.3 is 0 Å². The molecule has 0 aliphatic heterocycles. The van der Waals surface area contributed by atoms with Crippen LogP contribution < -0.4 is 10.1 Å². The highest BCUT2D eigenvalue weighted by Gasteiger charge is 2.10. The van der Waals surface area contributed by atoms with E-state index in [9.17, 15) is 4.79 Å². The predicted molar refractivity (Wildman–Crippen MR) is 91.3 cm³/mol. The maximum Gasteiger partial charge on any atom is 0.257 e. The summed E-state index contributed by atoms with van der Waals surface area (Å²) in [5, 5.41) is 7.93. The molecule has 1 aromatic carbocycles. The zero-order valence-electron chi connectivity index (χ0n) is 13.1. The van der Waals surface area contributed by atoms with Crippen molar-refractivity contribution >= 4 is 29.1 Å². The molecule has 0 unspecified atom stereocenters. The Balaban J connectivity index is 1.69. The first-order chi connectivity index (χ1) is 11.0. The van der Waals surface area contributed by atoms with E-state index in [-0.39, 0.29) is 12.5 Å². The lowest BCUT2D eigenvalue weighted by Gasteiger charge is -2.09. The molecule has 2 rings (SSSR count). The van der Waals surface area contributed by atoms with Crippen LogP contribution in [0.15, 0.2) is 24.3 Å². The molecule has 5 nitrogen and oxygen atoms in total. The smallest absolute Gasteiger partial charge is 0.257 e. The van der Waals surface area contributed by atoms with Gasteiger partial charge in [0.2, 0.25) is 0 Å². The Bertz CT molecular complexity index is 686. The van der Waals surface area contributed by atoms with Crippen molar-refractivity contribution in [1.82, 2.24) is 15.1 Å². The van der Waals surface area contributed by atoms with Gasteiger partial charge in [-0.05, 0) is 31.9 Å². The molecule has 0 saturated carbocycles. The molecule has 7 heteroatoms. The summed E-state index contributed by atoms with van der Waals surface area (Å²) >= 11 is 12.0. The molecule has 124 valence electrons. The molecule has 0 fully saturated rings. The van der Waals surface area contributed by atoms with Crippen LogP contribution in [-0.2, 0) is 11.3 Å². The fraction of sp³-hybridized carbons (Fsp3) is 0.375. The van der Waals surface area contributed by atoms with Crippen LogP contribution in [0.1, 0.15) is 17.7 Å². The molecule has 1 aromatic heterocycles. The molecular formula is C16H19Cl2N3O2. The topological polar surface area (TPSA) is 56.1 Å². The van der Waals surface area contributed by atoms with Crippen LogP contribution >= 0.6 is 23.2 Å². The Hall–Kier alpha value is -1.72. The van der Waals surface area contributed by atoms with Gasteiger partial charge in [-0.2, -0.15) is 5.10 Å². The lowest BCUT2D eigenvalue weighted by atomic mass is 10.2. The number of amides is 1. The van der Waals surface area contributed by atoms with Gasteiger partial charge in [0.15, 0.2) is 6.61 Å². The third-order valence-electron chi connectivity index (χ3n) is 3.32. The lowest BCUT2D eigenvalue weighted by molar-refractivity contribution is -0.123. The molecule has 1 amide bonds. The number of aromatic nitrogens is 2. The summed E-state index contributed by atoms with van der Waals surface area (Å²) in [6.07, 6.45) is 0.702. The molecular weight excluding hydrogens is 337 g/mol. The van der Waals surface area contributed by atoms with E-state index in [2.05, 4.69) is 10.4 Å². The minimum absolute atomic E-state index is 0.00167. The normalized spacial score (nSPS) is 10.6. The number of para-hydroxylation sites is 1. The number of carbonyl (C=O) groups is 1. The molecule has 0 radical (unpaired) electrons. The van der Waals surface area contributed by atoms with Crippen molar-refractivity contribution in [1.29, 1.82) is 0 Å². The zero-order valence-corrected chi connectivity index (χ0v) is 14.6. The molecule has 23 heavy (non-hydrogen) atoms. The molecule has 0 spiro atoms. The summed E-state index contributed by atoms with van der Waals surface area (Å²) in [5.41, 5.74) is 1.70. The third kappa shape index (κ3) is 4.88. The standard InChI is InChI=1S/C16H19Cl2N3O2/c1-11-6-3-4-7-13(11)23-10-14(22)19-8-5-9-21-16(18)15(17)12(2)20-21/h3-4,6-7H,5,8-10H2,1-2H3,(H,19,22). The second kappa shape index (κ2) is 8.22. The number of rotatable bonds is 7. The van der Waals surface area contributed by atoms with Crippen LogP contribution in [0.25, 0.3) is 0 Å². The van der Waals surface area contributed by atoms with Crippen molar-refractivity contribution in [3.05, 3.63) is 45.7 Å². The summed E-state index contributed by atoms with van der Waals surface area (Å²) in [4.78, 5) is 11.8. The molecule has 0 bridgehead atoms. The van der Waals surface area contributed by atoms with Crippen molar-refractivity contribution in [2.45, 2.75) is 26.8 Å². The fourth-order valence-corrected chi connectivity index (χ4v) is 2.44. The quantitative estimate of drug-likeness (QED) is 0.774. The molecule has 0 aliphatic carbocycles. The Labute approximate surface area is 145 Å². The zero-order chi connectivity index (χ0) is 16.8. The second-order valence-corrected chi connectivity index (χ2v) is 5.91. The summed E-state index contributed by atoms with van der Waals surface area (Å²) in [6.45, 7) is 4.84. The fourth-order valence-electron chi connectivity index (χ4n) is 2.05. The number of benzene rings is 1. The van der Waals surface area contributed by atoms with Crippen molar-refractivity contribution in [2.75, 3.05) is 13.2 Å². The maximum atomic E-state index is 11.8. The van der Waals surface area contributed by atoms with Gasteiger partial charge in [-0.3, -0.25) is 9.48 Å². The summed E-state index contributed by atoms with van der Waals surface area (Å²) in [6, 6.07) is 7.58. The Morgan fingerprint density at radius 3 is 2.70 bits per heavy atom. The number of aryl methyl sites for hydroxylation is 3. The van der Waals surface area contributed by atoms with Gasteiger partial charge < -0.3 is 10.1 Å². The van der Waals surface area contributed by atoms with Gasteiger partial charge in [-0.15, -0.1) is 0 Å². The van der Waals surface area contributed by atoms with Crippen molar-refractivity contribution in [3.8, 4) is 5.75 Å². The number of nitrogens with zero attached hydrogens (tertiary/aromatic N) is 2. The van der Waals surface area contributed by atoms with E-state index in [0.29, 0.717) is 35.4 Å². The molecule has 1 N–H and O–H groups in total. The van der Waals surface area contributed by atoms with Crippen LogP contribution in [-0.4, -0.2) is 28.8 Å². The number of nitrogens with one attached hydrogen (secondary N) is 1. The third-order valence-corrected chi connectivity index (χ3v) is 4.25. The van der Waals surface area contributed by atoms with Crippen molar-refractivity contribution in [2.24, 2.45) is 0 Å². The molecule has 0 atom stereocenters. The SMILES string of the molecule is Cc1ccccc1OCC(=O)NCCCn1nc(C)c(Cl)c1Cl. The molecule has 1 heterocycles.